The second-order valence-electron chi connectivity index (χ2n) is 4.96. The van der Waals surface area contributed by atoms with E-state index in [1.54, 1.807) is 91.0 Å². The molecular formula is C18H18BiO6P3. The monoisotopic (exact) mass is 632 g/mol. The summed E-state index contributed by atoms with van der Waals surface area (Å²) >= 11 is 0. The second-order valence-corrected chi connectivity index (χ2v) is 8.42. The fourth-order valence-electron chi connectivity index (χ4n) is 1.72. The van der Waals surface area contributed by atoms with E-state index in [2.05, 4.69) is 0 Å². The van der Waals surface area contributed by atoms with E-state index in [1.807, 2.05) is 0 Å². The maximum absolute atomic E-state index is 10.3. The van der Waals surface area contributed by atoms with Crippen LogP contribution in [0.1, 0.15) is 0 Å². The molecule has 3 unspecified atom stereocenters. The van der Waals surface area contributed by atoms with Crippen molar-refractivity contribution < 1.29 is 28.4 Å². The Morgan fingerprint density at radius 2 is 0.607 bits per heavy atom. The quantitative estimate of drug-likeness (QED) is 0.298. The van der Waals surface area contributed by atoms with Crippen LogP contribution in [0, 0.1) is 0 Å². The molecule has 3 aromatic carbocycles. The van der Waals surface area contributed by atoms with Crippen molar-refractivity contribution in [2.45, 2.75) is 0 Å². The van der Waals surface area contributed by atoms with Gasteiger partial charge in [-0.3, -0.25) is 0 Å². The van der Waals surface area contributed by atoms with Gasteiger partial charge in [-0.2, -0.15) is 0 Å². The first-order chi connectivity index (χ1) is 12.9. The van der Waals surface area contributed by atoms with Crippen LogP contribution in [0.4, 0.5) is 0 Å². The molecular weight excluding hydrogens is 614 g/mol. The SMILES string of the molecule is O=[PH]([O-])c1ccccc1.O=[PH]([O-])c1ccccc1.O=[PH]([O-])c1ccccc1.[Bi+3]. The molecule has 6 nitrogen and oxygen atoms in total. The van der Waals surface area contributed by atoms with Crippen LogP contribution in [-0.2, 0) is 13.7 Å². The van der Waals surface area contributed by atoms with Gasteiger partial charge in [-0.15, -0.1) is 0 Å². The van der Waals surface area contributed by atoms with Crippen LogP contribution < -0.4 is 30.6 Å². The van der Waals surface area contributed by atoms with Crippen LogP contribution in [0.25, 0.3) is 0 Å². The van der Waals surface area contributed by atoms with Gasteiger partial charge in [0, 0.05) is 24.1 Å². The van der Waals surface area contributed by atoms with Crippen LogP contribution in [0.2, 0.25) is 0 Å². The fraction of sp³-hybridized carbons (Fsp3) is 0. The zero-order valence-electron chi connectivity index (χ0n) is 14.6. The molecule has 0 aliphatic rings. The van der Waals surface area contributed by atoms with Crippen molar-refractivity contribution in [1.82, 2.24) is 0 Å². The number of hydrogen-bond donors (Lipinski definition) is 0. The maximum atomic E-state index is 10.3. The molecule has 0 saturated heterocycles. The largest absolute Gasteiger partial charge is 3.00 e. The minimum atomic E-state index is -2.71. The van der Waals surface area contributed by atoms with Gasteiger partial charge < -0.3 is 28.4 Å². The summed E-state index contributed by atoms with van der Waals surface area (Å²) in [4.78, 5) is 30.8. The number of hydrogen-bond acceptors (Lipinski definition) is 6. The van der Waals surface area contributed by atoms with Crippen molar-refractivity contribution >= 4 is 66.2 Å². The smallest absolute Gasteiger partial charge is 0.798 e. The molecule has 3 atom stereocenters. The third-order valence-corrected chi connectivity index (χ3v) is 5.44. The van der Waals surface area contributed by atoms with Gasteiger partial charge in [0.2, 0.25) is 0 Å². The van der Waals surface area contributed by atoms with Crippen molar-refractivity contribution in [3.63, 3.8) is 0 Å². The number of rotatable bonds is 3. The molecule has 0 amide bonds. The minimum Gasteiger partial charge on any atom is -0.798 e. The van der Waals surface area contributed by atoms with E-state index in [0.29, 0.717) is 15.9 Å². The molecule has 0 N–H and O–H groups in total. The topological polar surface area (TPSA) is 120 Å². The Morgan fingerprint density at radius 1 is 0.429 bits per heavy atom. The predicted octanol–water partition coefficient (Wildman–Crippen LogP) is 0.0599. The first-order valence-corrected chi connectivity index (χ1v) is 11.7. The molecule has 0 spiro atoms. The van der Waals surface area contributed by atoms with Gasteiger partial charge in [0.25, 0.3) is 0 Å². The Kier molecular flexibility index (Phi) is 15.5. The average molecular weight is 632 g/mol. The maximum Gasteiger partial charge on any atom is 3.00 e. The molecule has 0 aromatic heterocycles. The normalized spacial score (nSPS) is 12.5. The summed E-state index contributed by atoms with van der Waals surface area (Å²) in [6, 6.07) is 25.0. The van der Waals surface area contributed by atoms with Crippen LogP contribution in [0.3, 0.4) is 0 Å². The molecule has 0 heterocycles. The van der Waals surface area contributed by atoms with Crippen LogP contribution in [0.15, 0.2) is 91.0 Å². The minimum absolute atomic E-state index is 0. The molecule has 0 fully saturated rings. The summed E-state index contributed by atoms with van der Waals surface area (Å²) in [6.07, 6.45) is 0. The van der Waals surface area contributed by atoms with E-state index >= 15 is 0 Å². The van der Waals surface area contributed by atoms with E-state index in [1.165, 1.54) is 0 Å². The Morgan fingerprint density at radius 3 is 0.714 bits per heavy atom. The molecule has 2 radical (unpaired) electrons. The summed E-state index contributed by atoms with van der Waals surface area (Å²) in [5.41, 5.74) is 0. The summed E-state index contributed by atoms with van der Waals surface area (Å²) in [6.45, 7) is 0. The molecule has 146 valence electrons. The van der Waals surface area contributed by atoms with Crippen LogP contribution in [0.5, 0.6) is 0 Å². The van der Waals surface area contributed by atoms with Gasteiger partial charge in [-0.1, -0.05) is 91.0 Å². The molecule has 0 saturated carbocycles. The van der Waals surface area contributed by atoms with Crippen molar-refractivity contribution in [3.05, 3.63) is 91.0 Å². The fourth-order valence-corrected chi connectivity index (χ4v) is 3.12. The third-order valence-electron chi connectivity index (χ3n) is 3.03. The van der Waals surface area contributed by atoms with Crippen molar-refractivity contribution in [1.29, 1.82) is 0 Å². The second kappa shape index (κ2) is 16.0. The standard InChI is InChI=1S/3C6H7O2P.Bi/c3*7-9(8)6-4-2-1-3-5-6;/h3*1-5,9H,(H,7,8);/q;;;+3/p-3. The zero-order chi connectivity index (χ0) is 20.1. The van der Waals surface area contributed by atoms with E-state index in [4.69, 9.17) is 0 Å². The molecule has 3 aromatic rings. The Hall–Kier alpha value is -0.887. The van der Waals surface area contributed by atoms with Gasteiger partial charge in [0.1, 0.15) is 0 Å². The molecule has 0 bridgehead atoms. The van der Waals surface area contributed by atoms with Gasteiger partial charge in [-0.05, 0) is 15.9 Å². The van der Waals surface area contributed by atoms with Crippen molar-refractivity contribution in [2.24, 2.45) is 0 Å². The van der Waals surface area contributed by atoms with E-state index in [0.717, 1.165) is 0 Å². The first-order valence-electron chi connectivity index (χ1n) is 7.71. The summed E-state index contributed by atoms with van der Waals surface area (Å²) in [5.74, 6) is 0. The predicted molar refractivity (Wildman–Crippen MR) is 111 cm³/mol. The van der Waals surface area contributed by atoms with Crippen molar-refractivity contribution in [2.75, 3.05) is 0 Å². The Labute approximate surface area is 185 Å². The Bertz CT molecular complexity index is 747. The third kappa shape index (κ3) is 11.8. The van der Waals surface area contributed by atoms with E-state index in [9.17, 15) is 28.4 Å². The molecule has 10 heteroatoms. The summed E-state index contributed by atoms with van der Waals surface area (Å²) in [7, 11) is -8.14. The van der Waals surface area contributed by atoms with Crippen LogP contribution >= 0.6 is 24.1 Å². The first kappa shape index (κ1) is 27.1. The summed E-state index contributed by atoms with van der Waals surface area (Å²) in [5, 5.41) is 1.22. The summed E-state index contributed by atoms with van der Waals surface area (Å²) < 4.78 is 30.8. The van der Waals surface area contributed by atoms with Gasteiger partial charge in [0.05, 0.1) is 0 Å². The molecule has 0 aliphatic heterocycles. The Balaban J connectivity index is 0.000000384. The van der Waals surface area contributed by atoms with Gasteiger partial charge in [0.15, 0.2) is 0 Å². The van der Waals surface area contributed by atoms with Gasteiger partial charge >= 0.3 is 26.2 Å². The zero-order valence-corrected chi connectivity index (χ0v) is 21.0. The van der Waals surface area contributed by atoms with Crippen molar-refractivity contribution in [3.8, 4) is 0 Å². The number of benzene rings is 3. The van der Waals surface area contributed by atoms with Crippen LogP contribution in [-0.4, -0.2) is 26.2 Å². The molecule has 3 rings (SSSR count). The average Bonchev–Trinajstić information content (AvgIpc) is 2.71. The van der Waals surface area contributed by atoms with E-state index < -0.39 is 24.1 Å². The van der Waals surface area contributed by atoms with E-state index in [-0.39, 0.29) is 26.2 Å². The van der Waals surface area contributed by atoms with Gasteiger partial charge in [-0.25, -0.2) is 0 Å². The molecule has 0 aliphatic carbocycles. The molecule has 28 heavy (non-hydrogen) atoms.